The molecule has 0 amide bonds. The van der Waals surface area contributed by atoms with Gasteiger partial charge in [0.2, 0.25) is 0 Å². The van der Waals surface area contributed by atoms with Gasteiger partial charge in [0.25, 0.3) is 0 Å². The Morgan fingerprint density at radius 3 is 2.79 bits per heavy atom. The van der Waals surface area contributed by atoms with Crippen molar-refractivity contribution in [3.05, 3.63) is 42.0 Å². The third kappa shape index (κ3) is 2.71. The Labute approximate surface area is 86.8 Å². The van der Waals surface area contributed by atoms with E-state index < -0.39 is 0 Å². The summed E-state index contributed by atoms with van der Waals surface area (Å²) < 4.78 is 0. The highest BCUT2D eigenvalue weighted by molar-refractivity contribution is 5.61. The second-order valence-electron chi connectivity index (χ2n) is 3.86. The lowest BCUT2D eigenvalue weighted by atomic mass is 9.97. The summed E-state index contributed by atoms with van der Waals surface area (Å²) in [4.78, 5) is 0. The van der Waals surface area contributed by atoms with Crippen LogP contribution in [0.3, 0.4) is 0 Å². The van der Waals surface area contributed by atoms with Gasteiger partial charge in [-0.05, 0) is 31.0 Å². The van der Waals surface area contributed by atoms with Crippen LogP contribution in [0.4, 0.5) is 0 Å². The topological polar surface area (TPSA) is 12.0 Å². The normalized spacial score (nSPS) is 12.5. The van der Waals surface area contributed by atoms with Crippen LogP contribution in [0.5, 0.6) is 0 Å². The van der Waals surface area contributed by atoms with Crippen LogP contribution in [0.1, 0.15) is 30.9 Å². The summed E-state index contributed by atoms with van der Waals surface area (Å²) in [5.74, 6) is 0.555. The molecule has 14 heavy (non-hydrogen) atoms. The van der Waals surface area contributed by atoms with E-state index in [1.807, 2.05) is 14.0 Å². The summed E-state index contributed by atoms with van der Waals surface area (Å²) in [5, 5.41) is 3.19. The fourth-order valence-corrected chi connectivity index (χ4v) is 1.53. The van der Waals surface area contributed by atoms with Gasteiger partial charge >= 0.3 is 0 Å². The smallest absolute Gasteiger partial charge is 0.00144 e. The minimum atomic E-state index is 0.555. The number of rotatable bonds is 4. The van der Waals surface area contributed by atoms with Gasteiger partial charge in [-0.2, -0.15) is 0 Å². The highest BCUT2D eigenvalue weighted by atomic mass is 14.8. The number of likely N-dealkylation sites (N-methyl/N-ethyl adjacent to an activating group) is 1. The number of hydrogen-bond donors (Lipinski definition) is 1. The van der Waals surface area contributed by atoms with Gasteiger partial charge in [0, 0.05) is 6.54 Å². The first-order valence-corrected chi connectivity index (χ1v) is 5.05. The first kappa shape index (κ1) is 11.0. The van der Waals surface area contributed by atoms with E-state index in [1.54, 1.807) is 0 Å². The number of benzene rings is 1. The molecule has 0 aliphatic rings. The van der Waals surface area contributed by atoms with E-state index in [4.69, 9.17) is 0 Å². The van der Waals surface area contributed by atoms with Crippen LogP contribution in [0.2, 0.25) is 0 Å². The van der Waals surface area contributed by atoms with Gasteiger partial charge in [0.1, 0.15) is 0 Å². The average Bonchev–Trinajstić information content (AvgIpc) is 2.18. The van der Waals surface area contributed by atoms with Crippen LogP contribution in [-0.2, 0) is 0 Å². The first-order valence-electron chi connectivity index (χ1n) is 5.05. The van der Waals surface area contributed by atoms with Crippen LogP contribution >= 0.6 is 0 Å². The molecule has 1 aromatic carbocycles. The molecule has 0 aliphatic carbocycles. The molecule has 1 unspecified atom stereocenters. The van der Waals surface area contributed by atoms with E-state index in [0.717, 1.165) is 12.1 Å². The van der Waals surface area contributed by atoms with Crippen molar-refractivity contribution < 1.29 is 0 Å². The molecule has 1 aromatic rings. The fourth-order valence-electron chi connectivity index (χ4n) is 1.53. The largest absolute Gasteiger partial charge is 0.319 e. The maximum absolute atomic E-state index is 3.96. The number of hydrogen-bond acceptors (Lipinski definition) is 1. The van der Waals surface area contributed by atoms with Gasteiger partial charge in [-0.25, -0.2) is 0 Å². The third-order valence-corrected chi connectivity index (χ3v) is 2.46. The molecule has 0 heterocycles. The van der Waals surface area contributed by atoms with Crippen molar-refractivity contribution in [2.45, 2.75) is 19.8 Å². The number of allylic oxidation sites excluding steroid dienone is 1. The molecule has 1 heteroatoms. The lowest BCUT2D eigenvalue weighted by Gasteiger charge is -2.12. The van der Waals surface area contributed by atoms with Crippen LogP contribution < -0.4 is 5.32 Å². The monoisotopic (exact) mass is 189 g/mol. The van der Waals surface area contributed by atoms with Gasteiger partial charge < -0.3 is 5.32 Å². The first-order chi connectivity index (χ1) is 6.65. The molecule has 0 fully saturated rings. The van der Waals surface area contributed by atoms with Crippen molar-refractivity contribution in [3.8, 4) is 0 Å². The van der Waals surface area contributed by atoms with E-state index in [9.17, 15) is 0 Å². The molecular formula is C13H19N. The number of nitrogens with one attached hydrogen (secondary N) is 1. The SMILES string of the molecule is C=C(C)c1cccc(C(C)CNC)c1. The van der Waals surface area contributed by atoms with Crippen LogP contribution in [-0.4, -0.2) is 13.6 Å². The van der Waals surface area contributed by atoms with Gasteiger partial charge in [-0.1, -0.05) is 43.3 Å². The zero-order chi connectivity index (χ0) is 10.6. The summed E-state index contributed by atoms with van der Waals surface area (Å²) >= 11 is 0. The van der Waals surface area contributed by atoms with Crippen molar-refractivity contribution in [2.75, 3.05) is 13.6 Å². The van der Waals surface area contributed by atoms with Crippen LogP contribution in [0.15, 0.2) is 30.8 Å². The predicted octanol–water partition coefficient (Wildman–Crippen LogP) is 3.04. The van der Waals surface area contributed by atoms with Gasteiger partial charge in [0.05, 0.1) is 0 Å². The lowest BCUT2D eigenvalue weighted by molar-refractivity contribution is 0.678. The fraction of sp³-hybridized carbons (Fsp3) is 0.385. The molecule has 1 N–H and O–H groups in total. The molecule has 0 radical (unpaired) electrons. The molecule has 1 nitrogen and oxygen atoms in total. The quantitative estimate of drug-likeness (QED) is 0.767. The second kappa shape index (κ2) is 4.97. The molecule has 1 atom stereocenters. The van der Waals surface area contributed by atoms with E-state index in [2.05, 4.69) is 43.1 Å². The molecule has 0 spiro atoms. The second-order valence-corrected chi connectivity index (χ2v) is 3.86. The molecule has 1 rings (SSSR count). The van der Waals surface area contributed by atoms with Crippen molar-refractivity contribution in [1.29, 1.82) is 0 Å². The Morgan fingerprint density at radius 1 is 1.50 bits per heavy atom. The van der Waals surface area contributed by atoms with Crippen molar-refractivity contribution in [2.24, 2.45) is 0 Å². The minimum Gasteiger partial charge on any atom is -0.319 e. The van der Waals surface area contributed by atoms with Gasteiger partial charge in [-0.3, -0.25) is 0 Å². The van der Waals surface area contributed by atoms with Crippen molar-refractivity contribution in [3.63, 3.8) is 0 Å². The molecular weight excluding hydrogens is 170 g/mol. The Morgan fingerprint density at radius 2 is 2.21 bits per heavy atom. The van der Waals surface area contributed by atoms with Gasteiger partial charge in [-0.15, -0.1) is 0 Å². The van der Waals surface area contributed by atoms with E-state index >= 15 is 0 Å². The molecule has 0 aromatic heterocycles. The van der Waals surface area contributed by atoms with E-state index in [0.29, 0.717) is 5.92 Å². The molecule has 0 aliphatic heterocycles. The summed E-state index contributed by atoms with van der Waals surface area (Å²) in [7, 11) is 1.99. The highest BCUT2D eigenvalue weighted by Crippen LogP contribution is 2.19. The predicted molar refractivity (Wildman–Crippen MR) is 63.5 cm³/mol. The Kier molecular flexibility index (Phi) is 3.90. The summed E-state index contributed by atoms with van der Waals surface area (Å²) in [6.45, 7) is 9.24. The van der Waals surface area contributed by atoms with Crippen molar-refractivity contribution >= 4 is 5.57 Å². The maximum atomic E-state index is 3.96. The summed E-state index contributed by atoms with van der Waals surface area (Å²) in [5.41, 5.74) is 3.74. The van der Waals surface area contributed by atoms with Crippen molar-refractivity contribution in [1.82, 2.24) is 5.32 Å². The Hall–Kier alpha value is -1.08. The third-order valence-electron chi connectivity index (χ3n) is 2.46. The summed E-state index contributed by atoms with van der Waals surface area (Å²) in [6, 6.07) is 8.61. The molecule has 0 saturated carbocycles. The van der Waals surface area contributed by atoms with E-state index in [-0.39, 0.29) is 0 Å². The molecule has 0 saturated heterocycles. The minimum absolute atomic E-state index is 0.555. The average molecular weight is 189 g/mol. The Bertz CT molecular complexity index is 315. The van der Waals surface area contributed by atoms with Crippen LogP contribution in [0.25, 0.3) is 5.57 Å². The standard InChI is InChI=1S/C13H19N/c1-10(2)12-6-5-7-13(8-12)11(3)9-14-4/h5-8,11,14H,1,9H2,2-4H3. The zero-order valence-corrected chi connectivity index (χ0v) is 9.30. The molecule has 0 bridgehead atoms. The van der Waals surface area contributed by atoms with Crippen LogP contribution in [0, 0.1) is 0 Å². The maximum Gasteiger partial charge on any atom is 0.00144 e. The summed E-state index contributed by atoms with van der Waals surface area (Å²) in [6.07, 6.45) is 0. The van der Waals surface area contributed by atoms with E-state index in [1.165, 1.54) is 11.1 Å². The highest BCUT2D eigenvalue weighted by Gasteiger charge is 2.04. The lowest BCUT2D eigenvalue weighted by Crippen LogP contribution is -2.14. The Balaban J connectivity index is 2.87. The zero-order valence-electron chi connectivity index (χ0n) is 9.30. The molecule has 76 valence electrons. The van der Waals surface area contributed by atoms with Gasteiger partial charge in [0.15, 0.2) is 0 Å².